The maximum Gasteiger partial charge on any atom is 0.342 e. The van der Waals surface area contributed by atoms with Crippen LogP contribution >= 0.6 is 0 Å². The van der Waals surface area contributed by atoms with Gasteiger partial charge in [-0.2, -0.15) is 0 Å². The number of nitrogens with one attached hydrogen (secondary N) is 1. The van der Waals surface area contributed by atoms with Crippen LogP contribution < -0.4 is 5.48 Å². The third-order valence-electron chi connectivity index (χ3n) is 4.63. The highest BCUT2D eigenvalue weighted by Gasteiger charge is 2.19. The topological polar surface area (TPSA) is 108 Å². The van der Waals surface area contributed by atoms with Gasteiger partial charge in [0.05, 0.1) is 12.3 Å². The SMILES string of the molecule is CCN(CC)C(=O)CON/C1=C\c2cc(O)cc(O)c2C(=O)OCCC=CCCC=C1. The van der Waals surface area contributed by atoms with Crippen LogP contribution in [0, 0.1) is 0 Å². The van der Waals surface area contributed by atoms with Gasteiger partial charge in [-0.15, -0.1) is 0 Å². The minimum atomic E-state index is -0.699. The maximum atomic E-state index is 12.5. The van der Waals surface area contributed by atoms with E-state index in [1.807, 2.05) is 32.1 Å². The van der Waals surface area contributed by atoms with Crippen molar-refractivity contribution in [2.24, 2.45) is 0 Å². The minimum absolute atomic E-state index is 0.0641. The van der Waals surface area contributed by atoms with Gasteiger partial charge in [0.25, 0.3) is 5.91 Å². The van der Waals surface area contributed by atoms with E-state index in [0.29, 0.717) is 25.2 Å². The third kappa shape index (κ3) is 7.49. The Bertz CT molecular complexity index is 856. The van der Waals surface area contributed by atoms with Gasteiger partial charge in [0.1, 0.15) is 17.1 Å². The molecule has 1 aromatic rings. The highest BCUT2D eigenvalue weighted by molar-refractivity contribution is 5.97. The largest absolute Gasteiger partial charge is 0.508 e. The van der Waals surface area contributed by atoms with E-state index in [1.165, 1.54) is 12.1 Å². The maximum absolute atomic E-state index is 12.5. The molecule has 0 saturated heterocycles. The number of hydrogen-bond acceptors (Lipinski definition) is 7. The van der Waals surface area contributed by atoms with Gasteiger partial charge in [-0.3, -0.25) is 15.1 Å². The Morgan fingerprint density at radius 1 is 1.13 bits per heavy atom. The van der Waals surface area contributed by atoms with Crippen LogP contribution in [0.2, 0.25) is 0 Å². The number of fused-ring (bicyclic) bond motifs is 1. The van der Waals surface area contributed by atoms with Gasteiger partial charge in [-0.25, -0.2) is 4.79 Å². The Hall–Kier alpha value is -3.26. The number of phenols is 2. The fourth-order valence-electron chi connectivity index (χ4n) is 3.03. The summed E-state index contributed by atoms with van der Waals surface area (Å²) in [6.07, 6.45) is 11.3. The van der Waals surface area contributed by atoms with E-state index in [9.17, 15) is 19.8 Å². The lowest BCUT2D eigenvalue weighted by atomic mass is 10.0. The zero-order valence-electron chi connectivity index (χ0n) is 18.0. The van der Waals surface area contributed by atoms with Crippen LogP contribution in [0.25, 0.3) is 6.08 Å². The van der Waals surface area contributed by atoms with Crippen molar-refractivity contribution in [2.75, 3.05) is 26.3 Å². The van der Waals surface area contributed by atoms with Crippen molar-refractivity contribution in [1.82, 2.24) is 10.4 Å². The second-order valence-corrected chi connectivity index (χ2v) is 6.86. The van der Waals surface area contributed by atoms with E-state index >= 15 is 0 Å². The summed E-state index contributed by atoms with van der Waals surface area (Å²) in [5, 5.41) is 20.1. The number of benzene rings is 1. The molecule has 1 aliphatic rings. The first-order chi connectivity index (χ1) is 15.0. The number of ether oxygens (including phenoxy) is 1. The lowest BCUT2D eigenvalue weighted by Crippen LogP contribution is -2.35. The standard InChI is InChI=1S/C23H30N2O6/c1-3-25(4-2)21(28)16-31-24-18-11-9-7-5-6-8-10-12-30-23(29)22-17(13-18)14-19(26)15-20(22)27/h6,8-9,11,13-15,24,26-27H,3-5,7,10,12,16H2,1-2H3/b8-6?,11-9?,18-13-. The van der Waals surface area contributed by atoms with Crippen molar-refractivity contribution in [1.29, 1.82) is 0 Å². The number of hydroxylamine groups is 1. The van der Waals surface area contributed by atoms with Gasteiger partial charge >= 0.3 is 5.97 Å². The molecule has 0 unspecified atom stereocenters. The fraction of sp³-hybridized carbons (Fsp3) is 0.391. The van der Waals surface area contributed by atoms with Crippen LogP contribution in [-0.2, 0) is 14.4 Å². The smallest absolute Gasteiger partial charge is 0.342 e. The van der Waals surface area contributed by atoms with E-state index in [-0.39, 0.29) is 41.7 Å². The molecule has 1 aromatic carbocycles. The predicted molar refractivity (Wildman–Crippen MR) is 117 cm³/mol. The second kappa shape index (κ2) is 12.4. The molecule has 168 valence electrons. The molecule has 1 heterocycles. The zero-order valence-corrected chi connectivity index (χ0v) is 18.0. The number of likely N-dealkylation sites (N-methyl/N-ethyl adjacent to an activating group) is 1. The average Bonchev–Trinajstić information content (AvgIpc) is 2.72. The number of nitrogens with zero attached hydrogens (tertiary/aromatic N) is 1. The second-order valence-electron chi connectivity index (χ2n) is 6.86. The Kier molecular flexibility index (Phi) is 9.64. The Morgan fingerprint density at radius 2 is 1.84 bits per heavy atom. The molecule has 0 saturated carbocycles. The molecule has 8 nitrogen and oxygen atoms in total. The number of esters is 1. The minimum Gasteiger partial charge on any atom is -0.508 e. The molecule has 0 bridgehead atoms. The van der Waals surface area contributed by atoms with Crippen LogP contribution in [-0.4, -0.2) is 53.3 Å². The Labute approximate surface area is 182 Å². The average molecular weight is 431 g/mol. The zero-order chi connectivity index (χ0) is 22.6. The summed E-state index contributed by atoms with van der Waals surface area (Å²) in [7, 11) is 0. The van der Waals surface area contributed by atoms with Crippen LogP contribution in [0.1, 0.15) is 49.0 Å². The number of hydrogen-bond donors (Lipinski definition) is 3. The first kappa shape index (κ1) is 24.0. The van der Waals surface area contributed by atoms with Crippen molar-refractivity contribution < 1.29 is 29.4 Å². The summed E-state index contributed by atoms with van der Waals surface area (Å²) in [5.74, 6) is -1.45. The molecule has 0 spiro atoms. The van der Waals surface area contributed by atoms with E-state index in [0.717, 1.165) is 18.9 Å². The molecule has 0 aromatic heterocycles. The lowest BCUT2D eigenvalue weighted by Gasteiger charge is -2.18. The van der Waals surface area contributed by atoms with E-state index < -0.39 is 5.97 Å². The van der Waals surface area contributed by atoms with Gasteiger partial charge in [0, 0.05) is 19.2 Å². The number of allylic oxidation sites excluding steroid dienone is 3. The first-order valence-electron chi connectivity index (χ1n) is 10.4. The predicted octanol–water partition coefficient (Wildman–Crippen LogP) is 3.28. The summed E-state index contributed by atoms with van der Waals surface area (Å²) in [6.45, 7) is 4.96. The number of aromatic hydroxyl groups is 2. The molecular weight excluding hydrogens is 400 g/mol. The van der Waals surface area contributed by atoms with Crippen LogP contribution in [0.15, 0.2) is 42.1 Å². The third-order valence-corrected chi connectivity index (χ3v) is 4.63. The van der Waals surface area contributed by atoms with Gasteiger partial charge in [0.15, 0.2) is 6.61 Å². The van der Waals surface area contributed by atoms with Crippen LogP contribution in [0.5, 0.6) is 11.5 Å². The van der Waals surface area contributed by atoms with Gasteiger partial charge < -0.3 is 19.8 Å². The molecule has 0 atom stereocenters. The van der Waals surface area contributed by atoms with E-state index in [4.69, 9.17) is 9.57 Å². The Balaban J connectivity index is 2.31. The number of rotatable bonds is 6. The fourth-order valence-corrected chi connectivity index (χ4v) is 3.03. The monoisotopic (exact) mass is 430 g/mol. The summed E-state index contributed by atoms with van der Waals surface area (Å²) in [6, 6.07) is 2.43. The molecule has 0 radical (unpaired) electrons. The number of cyclic esters (lactones) is 1. The molecule has 0 fully saturated rings. The molecule has 0 aliphatic carbocycles. The molecule has 2 rings (SSSR count). The number of carbonyl (C=O) groups excluding carboxylic acids is 2. The van der Waals surface area contributed by atoms with Gasteiger partial charge in [-0.05, 0) is 56.9 Å². The molecular formula is C23H30N2O6. The van der Waals surface area contributed by atoms with Crippen molar-refractivity contribution in [3.05, 3.63) is 53.3 Å². The van der Waals surface area contributed by atoms with Gasteiger partial charge in [-0.1, -0.05) is 18.2 Å². The lowest BCUT2D eigenvalue weighted by molar-refractivity contribution is -0.137. The quantitative estimate of drug-likeness (QED) is 0.361. The molecule has 31 heavy (non-hydrogen) atoms. The van der Waals surface area contributed by atoms with Crippen LogP contribution in [0.3, 0.4) is 0 Å². The summed E-state index contributed by atoms with van der Waals surface area (Å²) >= 11 is 0. The summed E-state index contributed by atoms with van der Waals surface area (Å²) in [5.41, 5.74) is 3.35. The molecule has 1 aliphatic heterocycles. The number of phenolic OH excluding ortho intramolecular Hbond substituents is 2. The first-order valence-corrected chi connectivity index (χ1v) is 10.4. The molecule has 1 amide bonds. The molecule has 3 N–H and O–H groups in total. The van der Waals surface area contributed by atoms with Crippen LogP contribution in [0.4, 0.5) is 0 Å². The van der Waals surface area contributed by atoms with Crippen molar-refractivity contribution in [3.63, 3.8) is 0 Å². The highest BCUT2D eigenvalue weighted by atomic mass is 16.6. The van der Waals surface area contributed by atoms with Crippen molar-refractivity contribution in [2.45, 2.75) is 33.1 Å². The van der Waals surface area contributed by atoms with Crippen molar-refractivity contribution >= 4 is 18.0 Å². The van der Waals surface area contributed by atoms with E-state index in [2.05, 4.69) is 5.48 Å². The highest BCUT2D eigenvalue weighted by Crippen LogP contribution is 2.29. The Morgan fingerprint density at radius 3 is 2.58 bits per heavy atom. The normalized spacial score (nSPS) is 16.5. The van der Waals surface area contributed by atoms with Crippen molar-refractivity contribution in [3.8, 4) is 11.5 Å². The van der Waals surface area contributed by atoms with Gasteiger partial charge in [0.2, 0.25) is 0 Å². The number of carbonyl (C=O) groups is 2. The van der Waals surface area contributed by atoms with E-state index in [1.54, 1.807) is 11.0 Å². The molecule has 8 heteroatoms. The number of amides is 1. The summed E-state index contributed by atoms with van der Waals surface area (Å²) in [4.78, 5) is 31.7. The summed E-state index contributed by atoms with van der Waals surface area (Å²) < 4.78 is 5.25.